The van der Waals surface area contributed by atoms with Gasteiger partial charge >= 0.3 is 0 Å². The summed E-state index contributed by atoms with van der Waals surface area (Å²) in [6.07, 6.45) is 0.409. The molecule has 0 fully saturated rings. The second kappa shape index (κ2) is 4.46. The number of hydrogen-bond donors (Lipinski definition) is 0. The SMILES string of the molecule is CCOCC(Cl)(C=O)C(C)=O. The van der Waals surface area contributed by atoms with Crippen LogP contribution in [-0.4, -0.2) is 30.2 Å². The Morgan fingerprint density at radius 2 is 2.27 bits per heavy atom. The minimum atomic E-state index is -1.48. The van der Waals surface area contributed by atoms with Gasteiger partial charge in [0.1, 0.15) is 0 Å². The molecule has 0 aliphatic carbocycles. The maximum Gasteiger partial charge on any atom is 0.180 e. The Morgan fingerprint density at radius 1 is 1.73 bits per heavy atom. The molecule has 1 unspecified atom stereocenters. The summed E-state index contributed by atoms with van der Waals surface area (Å²) >= 11 is 5.59. The molecular weight excluding hydrogens is 168 g/mol. The van der Waals surface area contributed by atoms with Crippen LogP contribution in [0.3, 0.4) is 0 Å². The first-order valence-electron chi connectivity index (χ1n) is 3.31. The molecule has 0 radical (unpaired) electrons. The van der Waals surface area contributed by atoms with Crippen LogP contribution in [0.2, 0.25) is 0 Å². The predicted octanol–water partition coefficient (Wildman–Crippen LogP) is 0.788. The lowest BCUT2D eigenvalue weighted by molar-refractivity contribution is -0.126. The van der Waals surface area contributed by atoms with E-state index in [1.807, 2.05) is 0 Å². The molecule has 0 N–H and O–H groups in total. The first-order chi connectivity index (χ1) is 5.06. The summed E-state index contributed by atoms with van der Waals surface area (Å²) in [5.41, 5.74) is 0. The Hall–Kier alpha value is -0.410. The third-order valence-corrected chi connectivity index (χ3v) is 1.75. The number of carbonyl (C=O) groups excluding carboxylic acids is 2. The average Bonchev–Trinajstić information content (AvgIpc) is 2.00. The highest BCUT2D eigenvalue weighted by atomic mass is 35.5. The quantitative estimate of drug-likeness (QED) is 0.355. The van der Waals surface area contributed by atoms with Crippen LogP contribution in [0.5, 0.6) is 0 Å². The van der Waals surface area contributed by atoms with Crippen molar-refractivity contribution in [2.45, 2.75) is 18.7 Å². The number of hydrogen-bond acceptors (Lipinski definition) is 3. The number of ketones is 1. The minimum Gasteiger partial charge on any atom is -0.379 e. The molecule has 0 aliphatic rings. The van der Waals surface area contributed by atoms with Gasteiger partial charge in [0.25, 0.3) is 0 Å². The van der Waals surface area contributed by atoms with Crippen LogP contribution < -0.4 is 0 Å². The molecule has 64 valence electrons. The second-order valence-electron chi connectivity index (χ2n) is 2.17. The van der Waals surface area contributed by atoms with E-state index < -0.39 is 4.87 Å². The number of carbonyl (C=O) groups is 2. The zero-order valence-corrected chi connectivity index (χ0v) is 7.35. The van der Waals surface area contributed by atoms with E-state index in [0.717, 1.165) is 0 Å². The van der Waals surface area contributed by atoms with Gasteiger partial charge < -0.3 is 9.53 Å². The summed E-state index contributed by atoms with van der Waals surface area (Å²) in [5.74, 6) is -0.386. The van der Waals surface area contributed by atoms with Crippen molar-refractivity contribution >= 4 is 23.7 Å². The van der Waals surface area contributed by atoms with Crippen molar-refractivity contribution in [3.05, 3.63) is 0 Å². The molecule has 0 bridgehead atoms. The van der Waals surface area contributed by atoms with Crippen molar-refractivity contribution in [3.63, 3.8) is 0 Å². The standard InChI is InChI=1S/C7H11ClO3/c1-3-11-5-7(8,4-9)6(2)10/h4H,3,5H2,1-2H3. The Bertz CT molecular complexity index is 158. The van der Waals surface area contributed by atoms with Gasteiger partial charge in [-0.25, -0.2) is 0 Å². The summed E-state index contributed by atoms with van der Waals surface area (Å²) < 4.78 is 4.87. The van der Waals surface area contributed by atoms with Crippen molar-refractivity contribution in [1.82, 2.24) is 0 Å². The number of alkyl halides is 1. The molecule has 0 aromatic rings. The molecule has 11 heavy (non-hydrogen) atoms. The minimum absolute atomic E-state index is 0.0517. The van der Waals surface area contributed by atoms with E-state index in [1.165, 1.54) is 6.92 Å². The van der Waals surface area contributed by atoms with Gasteiger partial charge in [-0.05, 0) is 13.8 Å². The van der Waals surface area contributed by atoms with Crippen LogP contribution in [0.4, 0.5) is 0 Å². The van der Waals surface area contributed by atoms with Crippen molar-refractivity contribution < 1.29 is 14.3 Å². The lowest BCUT2D eigenvalue weighted by Gasteiger charge is -2.15. The maximum absolute atomic E-state index is 10.8. The largest absolute Gasteiger partial charge is 0.379 e. The number of rotatable bonds is 5. The van der Waals surface area contributed by atoms with Crippen LogP contribution >= 0.6 is 11.6 Å². The zero-order valence-electron chi connectivity index (χ0n) is 6.59. The van der Waals surface area contributed by atoms with E-state index in [1.54, 1.807) is 6.92 Å². The molecular formula is C7H11ClO3. The molecule has 0 rings (SSSR count). The molecule has 0 amide bonds. The summed E-state index contributed by atoms with van der Waals surface area (Å²) in [6.45, 7) is 3.42. The normalized spacial score (nSPS) is 15.5. The smallest absolute Gasteiger partial charge is 0.180 e. The highest BCUT2D eigenvalue weighted by molar-refractivity contribution is 6.43. The predicted molar refractivity (Wildman–Crippen MR) is 41.8 cm³/mol. The van der Waals surface area contributed by atoms with Crippen LogP contribution in [0.1, 0.15) is 13.8 Å². The van der Waals surface area contributed by atoms with Crippen molar-refractivity contribution in [1.29, 1.82) is 0 Å². The fourth-order valence-corrected chi connectivity index (χ4v) is 0.546. The fraction of sp³-hybridized carbons (Fsp3) is 0.714. The van der Waals surface area contributed by atoms with Crippen molar-refractivity contribution in [3.8, 4) is 0 Å². The molecule has 0 aliphatic heterocycles. The summed E-state index contributed by atoms with van der Waals surface area (Å²) in [4.78, 5) is 19.6. The van der Waals surface area contributed by atoms with Crippen molar-refractivity contribution in [2.75, 3.05) is 13.2 Å². The number of aldehydes is 1. The number of Topliss-reactive ketones (excluding diaryl/α,β-unsaturated/α-hetero) is 1. The van der Waals surface area contributed by atoms with E-state index in [2.05, 4.69) is 0 Å². The van der Waals surface area contributed by atoms with Crippen LogP contribution in [0, 0.1) is 0 Å². The van der Waals surface area contributed by atoms with Gasteiger partial charge in [0.2, 0.25) is 0 Å². The Balaban J connectivity index is 4.10. The topological polar surface area (TPSA) is 43.4 Å². The van der Waals surface area contributed by atoms with E-state index in [4.69, 9.17) is 16.3 Å². The average molecular weight is 179 g/mol. The van der Waals surface area contributed by atoms with Crippen LogP contribution in [0.15, 0.2) is 0 Å². The van der Waals surface area contributed by atoms with E-state index >= 15 is 0 Å². The Labute approximate surface area is 70.7 Å². The second-order valence-corrected chi connectivity index (χ2v) is 2.85. The fourth-order valence-electron chi connectivity index (χ4n) is 0.469. The lowest BCUT2D eigenvalue weighted by Crippen LogP contribution is -2.37. The molecule has 0 saturated carbocycles. The summed E-state index contributed by atoms with van der Waals surface area (Å²) in [7, 11) is 0. The van der Waals surface area contributed by atoms with Gasteiger partial charge in [-0.3, -0.25) is 4.79 Å². The molecule has 0 saturated heterocycles. The van der Waals surface area contributed by atoms with Gasteiger partial charge in [0.15, 0.2) is 16.9 Å². The van der Waals surface area contributed by atoms with Gasteiger partial charge in [-0.1, -0.05) is 11.6 Å². The molecule has 0 aromatic heterocycles. The molecule has 3 nitrogen and oxygen atoms in total. The first kappa shape index (κ1) is 10.6. The van der Waals surface area contributed by atoms with Gasteiger partial charge in [0.05, 0.1) is 6.61 Å². The third kappa shape index (κ3) is 2.99. The van der Waals surface area contributed by atoms with E-state index in [0.29, 0.717) is 12.9 Å². The van der Waals surface area contributed by atoms with Crippen LogP contribution in [-0.2, 0) is 14.3 Å². The van der Waals surface area contributed by atoms with Crippen LogP contribution in [0.25, 0.3) is 0 Å². The van der Waals surface area contributed by atoms with Crippen molar-refractivity contribution in [2.24, 2.45) is 0 Å². The molecule has 0 spiro atoms. The molecule has 4 heteroatoms. The Kier molecular flexibility index (Phi) is 4.30. The van der Waals surface area contributed by atoms with E-state index in [-0.39, 0.29) is 12.4 Å². The number of halogens is 1. The van der Waals surface area contributed by atoms with Gasteiger partial charge in [-0.15, -0.1) is 0 Å². The van der Waals surface area contributed by atoms with Gasteiger partial charge in [0, 0.05) is 6.61 Å². The lowest BCUT2D eigenvalue weighted by atomic mass is 10.1. The first-order valence-corrected chi connectivity index (χ1v) is 3.68. The molecule has 1 atom stereocenters. The molecule has 0 heterocycles. The summed E-state index contributed by atoms with van der Waals surface area (Å²) in [6, 6.07) is 0. The monoisotopic (exact) mass is 178 g/mol. The zero-order chi connectivity index (χ0) is 8.91. The highest BCUT2D eigenvalue weighted by Crippen LogP contribution is 2.13. The third-order valence-electron chi connectivity index (χ3n) is 1.29. The highest BCUT2D eigenvalue weighted by Gasteiger charge is 2.32. The number of ether oxygens (including phenoxy) is 1. The summed E-state index contributed by atoms with van der Waals surface area (Å²) in [5, 5.41) is 0. The van der Waals surface area contributed by atoms with Gasteiger partial charge in [-0.2, -0.15) is 0 Å². The van der Waals surface area contributed by atoms with E-state index in [9.17, 15) is 9.59 Å². The molecule has 0 aromatic carbocycles. The maximum atomic E-state index is 10.8. The Morgan fingerprint density at radius 3 is 2.55 bits per heavy atom.